The van der Waals surface area contributed by atoms with Gasteiger partial charge in [-0.05, 0) is 115 Å². The van der Waals surface area contributed by atoms with Crippen molar-refractivity contribution in [2.75, 3.05) is 121 Å². The van der Waals surface area contributed by atoms with Crippen LogP contribution in [0.3, 0.4) is 0 Å². The van der Waals surface area contributed by atoms with Gasteiger partial charge in [0.15, 0.2) is 11.4 Å². The van der Waals surface area contributed by atoms with Crippen molar-refractivity contribution in [1.82, 2.24) is 30.5 Å². The van der Waals surface area contributed by atoms with Gasteiger partial charge in [-0.3, -0.25) is 23.9 Å². The minimum Gasteiger partial charge on any atom is -0.450 e. The van der Waals surface area contributed by atoms with E-state index < -0.39 is 80.2 Å². The number of likely N-dealkylation sites (N-methyl/N-ethyl adjacent to an activating group) is 1. The predicted octanol–water partition coefficient (Wildman–Crippen LogP) is 9.05. The van der Waals surface area contributed by atoms with Crippen molar-refractivity contribution in [3.8, 4) is 11.8 Å². The molecule has 3 unspecified atom stereocenters. The molecule has 4 aromatic rings. The first kappa shape index (κ1) is 95.8. The summed E-state index contributed by atoms with van der Waals surface area (Å²) in [6.45, 7) is 24.5. The Labute approximate surface area is 664 Å². The Bertz CT molecular complexity index is 4330. The topological polar surface area (TPSA) is 446 Å². The molecule has 2 aromatic carbocycles. The maximum atomic E-state index is 13.0. The number of nitrogens with one attached hydrogen (secondary N) is 4. The number of nitrogens with zero attached hydrogens (tertiary/aromatic N) is 4. The third-order valence-electron chi connectivity index (χ3n) is 17.0. The molecule has 3 amide bonds. The first-order chi connectivity index (χ1) is 52.3. The Morgan fingerprint density at radius 1 is 0.883 bits per heavy atom. The lowest BCUT2D eigenvalue weighted by molar-refractivity contribution is -0.438. The number of benzene rings is 2. The van der Waals surface area contributed by atoms with E-state index in [1.807, 2.05) is 0 Å². The second-order valence-electron chi connectivity index (χ2n) is 26.9. The monoisotopic (exact) mass is 1710 g/mol. The zero-order valence-corrected chi connectivity index (χ0v) is 71.0. The highest BCUT2D eigenvalue weighted by Gasteiger charge is 2.46. The molecule has 618 valence electrons. The van der Waals surface area contributed by atoms with E-state index >= 15 is 0 Å². The fourth-order valence-electron chi connectivity index (χ4n) is 11.9. The van der Waals surface area contributed by atoms with E-state index in [2.05, 4.69) is 184 Å². The van der Waals surface area contributed by atoms with Crippen LogP contribution in [0.5, 0.6) is 0 Å². The first-order valence-corrected chi connectivity index (χ1v) is 46.0. The summed E-state index contributed by atoms with van der Waals surface area (Å²) in [6.07, 6.45) is 16.1. The van der Waals surface area contributed by atoms with E-state index in [0.717, 1.165) is 38.8 Å². The fourth-order valence-corrected chi connectivity index (χ4v) is 17.7. The van der Waals surface area contributed by atoms with Crippen molar-refractivity contribution in [2.45, 2.75) is 148 Å². The zero-order valence-electron chi connectivity index (χ0n) is 64.2. The number of unbranched alkanes of at least 4 members (excludes halogenated alkanes) is 3. The van der Waals surface area contributed by atoms with Crippen LogP contribution in [0.25, 0.3) is 11.0 Å². The number of hydrogen-bond acceptors (Lipinski definition) is 26. The zero-order chi connectivity index (χ0) is 82.2. The highest BCUT2D eigenvalue weighted by Crippen LogP contribution is 2.66. The molecule has 3 aliphatic rings. The molecule has 1 saturated heterocycles. The van der Waals surface area contributed by atoms with E-state index in [4.69, 9.17) is 77.0 Å². The van der Waals surface area contributed by atoms with Crippen molar-refractivity contribution in [2.24, 2.45) is 0 Å². The minimum absolute atomic E-state index is 0.0340. The van der Waals surface area contributed by atoms with Crippen molar-refractivity contribution < 1.29 is 111 Å². The number of rotatable bonds is 43. The summed E-state index contributed by atoms with van der Waals surface area (Å²) >= 11 is 5.19. The van der Waals surface area contributed by atoms with Crippen LogP contribution in [0.15, 0.2) is 89.5 Å². The number of nitrogens with two attached hydrogens (primary N) is 1. The van der Waals surface area contributed by atoms with Gasteiger partial charge in [0.05, 0.1) is 74.6 Å². The van der Waals surface area contributed by atoms with Crippen molar-refractivity contribution in [3.05, 3.63) is 117 Å². The molecule has 41 heteroatoms. The SMILES string of the molecule is CCN1\C(=C/C=C/C=C/C2=[N+](CCCCCC(=O)NCCOCCOCCNC(C)=O)c3ccc(C)cc3C2(C)C)C(C)(C)c2ccccc21.COCCC(C)(C)SSCOCCCCOC(=O)NCC#Cc1cn([C@H]2C[C@H](OCS(C)=S)[C@@H](COP(=O)(O)OP(=O)(O)OP(=O)(O)O)O2)c2nc(N)[nH]c(=O)c12.O=S(=O)=O. The first-order valence-electron chi connectivity index (χ1n) is 35.5. The van der Waals surface area contributed by atoms with Crippen LogP contribution in [0.2, 0.25) is 0 Å². The molecule has 7 rings (SSSR count). The van der Waals surface area contributed by atoms with E-state index in [9.17, 15) is 42.7 Å². The predicted molar refractivity (Wildman–Crippen MR) is 430 cm³/mol. The van der Waals surface area contributed by atoms with Crippen LogP contribution >= 0.6 is 45.1 Å². The van der Waals surface area contributed by atoms with Crippen LogP contribution in [-0.2, 0) is 112 Å². The molecule has 5 heterocycles. The molecule has 3 aliphatic heterocycles. The molecule has 10 N–H and O–H groups in total. The molecule has 0 saturated carbocycles. The lowest BCUT2D eigenvalue weighted by Crippen LogP contribution is -2.29. The third-order valence-corrected chi connectivity index (χ3v) is 24.6. The number of hydrogen-bond donors (Lipinski definition) is 9. The number of fused-ring (bicyclic) bond motifs is 3. The molecular formula is C70H105N9O24P3S5+. The van der Waals surface area contributed by atoms with Gasteiger partial charge in [-0.15, -0.1) is 12.6 Å². The van der Waals surface area contributed by atoms with E-state index in [1.165, 1.54) is 57.2 Å². The largest absolute Gasteiger partial charge is 0.490 e. The molecule has 6 atom stereocenters. The third kappa shape index (κ3) is 33.1. The van der Waals surface area contributed by atoms with Gasteiger partial charge < -0.3 is 83.9 Å². The number of carbonyl (C=O) groups excluding carboxylic acids is 3. The molecule has 0 aliphatic carbocycles. The molecule has 111 heavy (non-hydrogen) atoms. The molecule has 1 fully saturated rings. The molecule has 2 aromatic heterocycles. The van der Waals surface area contributed by atoms with Gasteiger partial charge in [0.25, 0.3) is 5.56 Å². The Balaban J connectivity index is 0.000000381. The van der Waals surface area contributed by atoms with Gasteiger partial charge in [0, 0.05) is 112 Å². The maximum absolute atomic E-state index is 13.0. The number of aromatic nitrogens is 3. The summed E-state index contributed by atoms with van der Waals surface area (Å²) in [5.41, 5.74) is 14.5. The van der Waals surface area contributed by atoms with Gasteiger partial charge in [0.2, 0.25) is 23.5 Å². The number of methoxy groups -OCH3 is 1. The Hall–Kier alpha value is -5.82. The standard InChI is InChI=1S/C42H58N4O4.C28H46N5O17P3S4.O3S/c1-8-45-36-18-15-14-17-34(36)41(4,5)38(45)19-11-9-12-20-39-42(6,7)35-31-32(2)22-23-37(35)46(39)26-16-10-13-21-40(48)44-25-28-50-30-29-49-27-24-43-33(3)47;1-28(2,9-13-43-3)56-55-17-44-11-5-6-12-45-27(35)30-10-7-8-19-15-33(24-23(19)25(34)32-26(29)31-24)22-14-20(46-18-57(4)54)21(48-22)16-47-52(39,40)50-53(41,42)49-51(36,37)38;1-4(2)3/h9,11-12,14-15,17-20,22-23,31H,8,10,13,16,21,24-30H2,1-7H3,(H-,43,44,47,48);15,20-22H,5-6,9-14,16-18H2,1-4H3,(H,30,35)(H,39,40)(H,41,42)(H2,36,37,38)(H3,29,31,32,34);/p+1/t;20-,21+,22+,57?;/m.0./s1. The maximum Gasteiger partial charge on any atom is 0.490 e. The Morgan fingerprint density at radius 3 is 2.25 bits per heavy atom. The number of phosphoric ester groups is 1. The van der Waals surface area contributed by atoms with Gasteiger partial charge in [-0.25, -0.2) is 18.5 Å². The Kier molecular flexibility index (Phi) is 40.3. The van der Waals surface area contributed by atoms with Crippen molar-refractivity contribution in [3.63, 3.8) is 0 Å². The lowest BCUT2D eigenvalue weighted by Gasteiger charge is -2.25. The number of aromatic amines is 1. The number of nitrogen functional groups attached to an aromatic ring is 1. The number of allylic oxidation sites excluding steroid dienone is 6. The van der Waals surface area contributed by atoms with Gasteiger partial charge >= 0.3 is 40.2 Å². The van der Waals surface area contributed by atoms with Gasteiger partial charge in [-0.1, -0.05) is 105 Å². The van der Waals surface area contributed by atoms with Crippen LogP contribution in [0.1, 0.15) is 135 Å². The number of amides is 3. The molecule has 0 bridgehead atoms. The fraction of sp³-hybridized carbons (Fsp3) is 0.571. The summed E-state index contributed by atoms with van der Waals surface area (Å²) in [7, 11) is -15.5. The van der Waals surface area contributed by atoms with E-state index in [-0.39, 0.29) is 75.4 Å². The normalized spacial score (nSPS) is 18.1. The van der Waals surface area contributed by atoms with Gasteiger partial charge in [0.1, 0.15) is 24.8 Å². The number of phosphoric acid groups is 3. The summed E-state index contributed by atoms with van der Waals surface area (Å²) in [4.78, 5) is 94.4. The number of ether oxygens (including phenoxy) is 7. The summed E-state index contributed by atoms with van der Waals surface area (Å²) in [6, 6.07) is 15.5. The van der Waals surface area contributed by atoms with E-state index in [1.54, 1.807) is 35.0 Å². The lowest BCUT2D eigenvalue weighted by atomic mass is 9.81. The minimum atomic E-state index is -5.76. The van der Waals surface area contributed by atoms with Crippen LogP contribution in [0.4, 0.5) is 22.1 Å². The average Bonchev–Trinajstić information content (AvgIpc) is 1.61. The van der Waals surface area contributed by atoms with Crippen LogP contribution in [-0.4, -0.2) is 203 Å². The second kappa shape index (κ2) is 46.7. The highest BCUT2D eigenvalue weighted by atomic mass is 33.1. The second-order valence-corrected chi connectivity index (χ2v) is 37.8. The van der Waals surface area contributed by atoms with E-state index in [0.29, 0.717) is 77.9 Å². The molecule has 0 spiro atoms. The van der Waals surface area contributed by atoms with Crippen LogP contribution in [0, 0.1) is 18.8 Å². The van der Waals surface area contributed by atoms with Gasteiger partial charge in [-0.2, -0.15) is 18.2 Å². The quantitative estimate of drug-likeness (QED) is 0.00379. The number of para-hydroxylation sites is 1. The average molecular weight is 1710 g/mol. The van der Waals surface area contributed by atoms with Crippen molar-refractivity contribution >= 4 is 128 Å². The van der Waals surface area contributed by atoms with Crippen molar-refractivity contribution in [1.29, 1.82) is 0 Å². The number of aryl methyl sites for hydroxylation is 1. The summed E-state index contributed by atoms with van der Waals surface area (Å²) < 4.78 is 115. The smallest absolute Gasteiger partial charge is 0.450 e. The molecule has 0 radical (unpaired) electrons. The summed E-state index contributed by atoms with van der Waals surface area (Å²) in [5, 5.41) is 8.18. The Morgan fingerprint density at radius 2 is 1.58 bits per heavy atom. The molecule has 33 nitrogen and oxygen atoms in total. The van der Waals surface area contributed by atoms with Crippen LogP contribution < -0.4 is 32.1 Å². The number of H-pyrrole nitrogens is 1. The molecular weight excluding hydrogens is 1600 g/mol. The summed E-state index contributed by atoms with van der Waals surface area (Å²) in [5.74, 6) is 5.94. The highest BCUT2D eigenvalue weighted by molar-refractivity contribution is 8.77. The number of alkyl carbamates (subject to hydrolysis) is 1. The number of anilines is 2. The number of carbonyl (C=O) groups is 3.